The molecule has 58 valence electrons. The Morgan fingerprint density at radius 2 is 2.36 bits per heavy atom. The van der Waals surface area contributed by atoms with E-state index < -0.39 is 0 Å². The van der Waals surface area contributed by atoms with Crippen LogP contribution in [0, 0.1) is 0 Å². The Morgan fingerprint density at radius 3 is 3.18 bits per heavy atom. The smallest absolute Gasteiger partial charge is 0.0252 e. The molecule has 1 heteroatoms. The minimum Gasteiger partial charge on any atom is -0.364 e. The van der Waals surface area contributed by atoms with Gasteiger partial charge in [-0.2, -0.15) is 0 Å². The van der Waals surface area contributed by atoms with Gasteiger partial charge in [0.2, 0.25) is 0 Å². The highest BCUT2D eigenvalue weighted by atomic mass is 14.7. The predicted molar refractivity (Wildman–Crippen MR) is 47.5 cm³/mol. The number of hydrogen-bond donors (Lipinski definition) is 1. The number of allylic oxidation sites excluding steroid dienone is 1. The summed E-state index contributed by atoms with van der Waals surface area (Å²) in [5.74, 6) is 0.671. The van der Waals surface area contributed by atoms with Gasteiger partial charge in [-0.15, -0.1) is 0 Å². The Kier molecular flexibility index (Phi) is 1.38. The summed E-state index contributed by atoms with van der Waals surface area (Å²) in [5.41, 5.74) is 4.27. The van der Waals surface area contributed by atoms with Gasteiger partial charge in [0.15, 0.2) is 0 Å². The van der Waals surface area contributed by atoms with Gasteiger partial charge >= 0.3 is 0 Å². The topological polar surface area (TPSA) is 15.8 Å². The molecular formula is C10H13N. The molecule has 0 fully saturated rings. The second-order valence-corrected chi connectivity index (χ2v) is 3.44. The lowest BCUT2D eigenvalue weighted by Gasteiger charge is -2.16. The molecule has 1 aliphatic rings. The summed E-state index contributed by atoms with van der Waals surface area (Å²) in [7, 11) is 0. The maximum absolute atomic E-state index is 3.28. The number of aromatic nitrogens is 1. The molecule has 0 radical (unpaired) electrons. The number of rotatable bonds is 0. The molecule has 1 heterocycles. The van der Waals surface area contributed by atoms with Crippen LogP contribution < -0.4 is 0 Å². The normalized spacial score (nSPS) is 22.7. The summed E-state index contributed by atoms with van der Waals surface area (Å²) in [4.78, 5) is 3.28. The van der Waals surface area contributed by atoms with E-state index in [1.807, 2.05) is 6.20 Å². The van der Waals surface area contributed by atoms with Crippen LogP contribution in [0.5, 0.6) is 0 Å². The van der Waals surface area contributed by atoms with Crippen LogP contribution in [-0.4, -0.2) is 4.98 Å². The molecule has 0 spiro atoms. The molecule has 2 rings (SSSR count). The molecule has 1 aromatic heterocycles. The van der Waals surface area contributed by atoms with Crippen molar-refractivity contribution in [3.63, 3.8) is 0 Å². The zero-order valence-corrected chi connectivity index (χ0v) is 7.02. The average Bonchev–Trinajstić information content (AvgIpc) is 2.34. The average molecular weight is 147 g/mol. The third-order valence-corrected chi connectivity index (χ3v) is 2.34. The lowest BCUT2D eigenvalue weighted by atomic mass is 9.90. The highest BCUT2D eigenvalue weighted by Crippen LogP contribution is 2.31. The standard InChI is InChI=1S/C10H13N/c1-7-5-8(2)10-9(6-7)3-4-11-10/h3-4,6,8,11H,5H2,1-2H3. The fourth-order valence-corrected chi connectivity index (χ4v) is 1.86. The molecule has 0 bridgehead atoms. The Bertz CT molecular complexity index is 294. The summed E-state index contributed by atoms with van der Waals surface area (Å²) in [5, 5.41) is 0. The zero-order chi connectivity index (χ0) is 7.84. The summed E-state index contributed by atoms with van der Waals surface area (Å²) in [6, 6.07) is 2.15. The number of nitrogens with one attached hydrogen (secondary N) is 1. The van der Waals surface area contributed by atoms with Crippen LogP contribution >= 0.6 is 0 Å². The third kappa shape index (κ3) is 1.01. The predicted octanol–water partition coefficient (Wildman–Crippen LogP) is 2.93. The van der Waals surface area contributed by atoms with Crippen molar-refractivity contribution in [1.29, 1.82) is 0 Å². The Hall–Kier alpha value is -0.980. The van der Waals surface area contributed by atoms with Crippen LogP contribution in [0.25, 0.3) is 6.08 Å². The molecule has 1 N–H and O–H groups in total. The zero-order valence-electron chi connectivity index (χ0n) is 7.02. The van der Waals surface area contributed by atoms with Crippen LogP contribution in [0.15, 0.2) is 17.8 Å². The summed E-state index contributed by atoms with van der Waals surface area (Å²) in [6.07, 6.45) is 5.50. The molecule has 1 aromatic rings. The molecule has 0 aliphatic heterocycles. The van der Waals surface area contributed by atoms with Crippen molar-refractivity contribution < 1.29 is 0 Å². The lowest BCUT2D eigenvalue weighted by Crippen LogP contribution is -2.01. The van der Waals surface area contributed by atoms with E-state index in [0.717, 1.165) is 0 Å². The number of H-pyrrole nitrogens is 1. The van der Waals surface area contributed by atoms with Gasteiger partial charge in [0.05, 0.1) is 0 Å². The Labute approximate surface area is 67.1 Å². The molecule has 0 amide bonds. The second kappa shape index (κ2) is 2.26. The highest BCUT2D eigenvalue weighted by molar-refractivity contribution is 5.58. The third-order valence-electron chi connectivity index (χ3n) is 2.34. The van der Waals surface area contributed by atoms with Gasteiger partial charge in [-0.3, -0.25) is 0 Å². The fraction of sp³-hybridized carbons (Fsp3) is 0.400. The molecule has 1 unspecified atom stereocenters. The van der Waals surface area contributed by atoms with Crippen LogP contribution in [0.3, 0.4) is 0 Å². The van der Waals surface area contributed by atoms with Crippen LogP contribution in [0.1, 0.15) is 37.4 Å². The van der Waals surface area contributed by atoms with Crippen molar-refractivity contribution in [1.82, 2.24) is 4.98 Å². The minimum atomic E-state index is 0.671. The van der Waals surface area contributed by atoms with E-state index in [4.69, 9.17) is 0 Å². The van der Waals surface area contributed by atoms with E-state index in [-0.39, 0.29) is 0 Å². The maximum Gasteiger partial charge on any atom is 0.0252 e. The van der Waals surface area contributed by atoms with E-state index in [2.05, 4.69) is 31.0 Å². The first-order valence-electron chi connectivity index (χ1n) is 4.12. The van der Waals surface area contributed by atoms with Gasteiger partial charge in [0.1, 0.15) is 0 Å². The molecule has 1 aliphatic carbocycles. The monoisotopic (exact) mass is 147 g/mol. The van der Waals surface area contributed by atoms with E-state index in [0.29, 0.717) is 5.92 Å². The fourth-order valence-electron chi connectivity index (χ4n) is 1.86. The Balaban J connectivity index is 2.51. The van der Waals surface area contributed by atoms with Crippen molar-refractivity contribution >= 4 is 6.08 Å². The van der Waals surface area contributed by atoms with Crippen molar-refractivity contribution in [3.8, 4) is 0 Å². The molecule has 0 aromatic carbocycles. The SMILES string of the molecule is CC1=Cc2cc[nH]c2C(C)C1. The van der Waals surface area contributed by atoms with Crippen molar-refractivity contribution in [2.45, 2.75) is 26.2 Å². The second-order valence-electron chi connectivity index (χ2n) is 3.44. The lowest BCUT2D eigenvalue weighted by molar-refractivity contribution is 0.721. The number of fused-ring (bicyclic) bond motifs is 1. The van der Waals surface area contributed by atoms with E-state index in [1.54, 1.807) is 0 Å². The quantitative estimate of drug-likeness (QED) is 0.580. The number of hydrogen-bond acceptors (Lipinski definition) is 0. The van der Waals surface area contributed by atoms with Crippen LogP contribution in [-0.2, 0) is 0 Å². The molecule has 0 saturated carbocycles. The van der Waals surface area contributed by atoms with Crippen LogP contribution in [0.4, 0.5) is 0 Å². The molecular weight excluding hydrogens is 134 g/mol. The van der Waals surface area contributed by atoms with E-state index >= 15 is 0 Å². The number of aromatic amines is 1. The minimum absolute atomic E-state index is 0.671. The first-order chi connectivity index (χ1) is 5.27. The van der Waals surface area contributed by atoms with Gasteiger partial charge in [-0.25, -0.2) is 0 Å². The maximum atomic E-state index is 3.28. The summed E-state index contributed by atoms with van der Waals surface area (Å²) < 4.78 is 0. The van der Waals surface area contributed by atoms with Crippen molar-refractivity contribution in [2.75, 3.05) is 0 Å². The summed E-state index contributed by atoms with van der Waals surface area (Å²) in [6.45, 7) is 4.47. The van der Waals surface area contributed by atoms with Crippen molar-refractivity contribution in [2.24, 2.45) is 0 Å². The van der Waals surface area contributed by atoms with Crippen molar-refractivity contribution in [3.05, 3.63) is 29.1 Å². The first-order valence-corrected chi connectivity index (χ1v) is 4.12. The molecule has 1 nitrogen and oxygen atoms in total. The van der Waals surface area contributed by atoms with Crippen LogP contribution in [0.2, 0.25) is 0 Å². The first kappa shape index (κ1) is 6.71. The van der Waals surface area contributed by atoms with E-state index in [9.17, 15) is 0 Å². The van der Waals surface area contributed by atoms with Gasteiger partial charge in [-0.05, 0) is 25.0 Å². The van der Waals surface area contributed by atoms with Gasteiger partial charge in [0.25, 0.3) is 0 Å². The van der Waals surface area contributed by atoms with Gasteiger partial charge < -0.3 is 4.98 Å². The highest BCUT2D eigenvalue weighted by Gasteiger charge is 2.15. The van der Waals surface area contributed by atoms with Gasteiger partial charge in [-0.1, -0.05) is 18.6 Å². The molecule has 0 saturated heterocycles. The molecule has 11 heavy (non-hydrogen) atoms. The molecule has 1 atom stereocenters. The largest absolute Gasteiger partial charge is 0.364 e. The van der Waals surface area contributed by atoms with Gasteiger partial charge in [0, 0.05) is 17.8 Å². The van der Waals surface area contributed by atoms with E-state index in [1.165, 1.54) is 23.3 Å². The Morgan fingerprint density at radius 1 is 1.55 bits per heavy atom. The summed E-state index contributed by atoms with van der Waals surface area (Å²) >= 11 is 0.